The van der Waals surface area contributed by atoms with Crippen molar-refractivity contribution in [2.45, 2.75) is 52.1 Å². The maximum Gasteiger partial charge on any atom is 0.252 e. The second-order valence-corrected chi connectivity index (χ2v) is 7.66. The number of aryl methyl sites for hydroxylation is 2. The largest absolute Gasteiger partial charge is 0.347 e. The molecule has 3 rings (SSSR count). The van der Waals surface area contributed by atoms with E-state index in [1.807, 2.05) is 51.1 Å². The molecular formula is C23H28N2O2. The summed E-state index contributed by atoms with van der Waals surface area (Å²) in [4.78, 5) is 25.7. The first-order chi connectivity index (χ1) is 13.0. The molecule has 2 aromatic carbocycles. The van der Waals surface area contributed by atoms with Crippen LogP contribution in [0.25, 0.3) is 0 Å². The van der Waals surface area contributed by atoms with Crippen LogP contribution >= 0.6 is 0 Å². The Morgan fingerprint density at radius 3 is 2.48 bits per heavy atom. The highest BCUT2D eigenvalue weighted by molar-refractivity contribution is 5.98. The molecule has 0 bridgehead atoms. The molecule has 142 valence electrons. The normalized spacial score (nSPS) is 17.1. The zero-order valence-electron chi connectivity index (χ0n) is 16.3. The summed E-state index contributed by atoms with van der Waals surface area (Å²) in [6, 6.07) is 15.2. The van der Waals surface area contributed by atoms with E-state index in [1.54, 1.807) is 6.07 Å². The molecule has 4 nitrogen and oxygen atoms in total. The molecule has 0 radical (unpaired) electrons. The van der Waals surface area contributed by atoms with E-state index in [0.29, 0.717) is 5.56 Å². The fraction of sp³-hybridized carbons (Fsp3) is 0.391. The fourth-order valence-electron chi connectivity index (χ4n) is 3.75. The van der Waals surface area contributed by atoms with Crippen LogP contribution in [0.2, 0.25) is 0 Å². The summed E-state index contributed by atoms with van der Waals surface area (Å²) in [6.07, 6.45) is 3.04. The van der Waals surface area contributed by atoms with Crippen molar-refractivity contribution >= 4 is 11.8 Å². The van der Waals surface area contributed by atoms with Gasteiger partial charge in [0, 0.05) is 5.56 Å². The van der Waals surface area contributed by atoms with Crippen LogP contribution in [0.1, 0.15) is 59.8 Å². The van der Waals surface area contributed by atoms with E-state index >= 15 is 0 Å². The number of benzene rings is 2. The zero-order chi connectivity index (χ0) is 19.4. The lowest BCUT2D eigenvalue weighted by Crippen LogP contribution is -2.50. The summed E-state index contributed by atoms with van der Waals surface area (Å²) in [7, 11) is 0. The lowest BCUT2D eigenvalue weighted by molar-refractivity contribution is -0.124. The average molecular weight is 364 g/mol. The third-order valence-electron chi connectivity index (χ3n) is 5.31. The van der Waals surface area contributed by atoms with Crippen molar-refractivity contribution in [3.8, 4) is 0 Å². The van der Waals surface area contributed by atoms with Crippen LogP contribution in [0.3, 0.4) is 0 Å². The number of fused-ring (bicyclic) bond motifs is 1. The first-order valence-corrected chi connectivity index (χ1v) is 9.72. The van der Waals surface area contributed by atoms with Gasteiger partial charge in [-0.25, -0.2) is 0 Å². The Kier molecular flexibility index (Phi) is 5.94. The molecule has 2 N–H and O–H groups in total. The Labute approximate surface area is 161 Å². The summed E-state index contributed by atoms with van der Waals surface area (Å²) < 4.78 is 0. The molecule has 2 amide bonds. The van der Waals surface area contributed by atoms with Crippen LogP contribution in [0.4, 0.5) is 0 Å². The minimum atomic E-state index is -0.564. The monoisotopic (exact) mass is 364 g/mol. The first kappa shape index (κ1) is 19.2. The third-order valence-corrected chi connectivity index (χ3v) is 5.31. The van der Waals surface area contributed by atoms with Crippen molar-refractivity contribution < 1.29 is 9.59 Å². The zero-order valence-corrected chi connectivity index (χ0v) is 16.3. The Morgan fingerprint density at radius 2 is 1.74 bits per heavy atom. The van der Waals surface area contributed by atoms with Crippen molar-refractivity contribution in [1.82, 2.24) is 10.6 Å². The molecule has 0 aromatic heterocycles. The van der Waals surface area contributed by atoms with Gasteiger partial charge in [0.15, 0.2) is 0 Å². The van der Waals surface area contributed by atoms with Crippen molar-refractivity contribution in [1.29, 1.82) is 0 Å². The molecule has 0 aliphatic heterocycles. The molecule has 0 heterocycles. The van der Waals surface area contributed by atoms with Gasteiger partial charge in [0.1, 0.15) is 6.04 Å². The summed E-state index contributed by atoms with van der Waals surface area (Å²) in [5, 5.41) is 6.11. The van der Waals surface area contributed by atoms with Crippen LogP contribution in [-0.4, -0.2) is 17.9 Å². The summed E-state index contributed by atoms with van der Waals surface area (Å²) in [5.74, 6) is -0.323. The molecule has 1 aliphatic carbocycles. The van der Waals surface area contributed by atoms with E-state index in [4.69, 9.17) is 0 Å². The van der Waals surface area contributed by atoms with Gasteiger partial charge in [0.05, 0.1) is 6.04 Å². The van der Waals surface area contributed by atoms with E-state index in [0.717, 1.165) is 24.8 Å². The quantitative estimate of drug-likeness (QED) is 0.844. The summed E-state index contributed by atoms with van der Waals surface area (Å²) in [5.41, 5.74) is 4.02. The molecule has 1 aliphatic rings. The van der Waals surface area contributed by atoms with Gasteiger partial charge in [-0.3, -0.25) is 9.59 Å². The highest BCUT2D eigenvalue weighted by Gasteiger charge is 2.29. The maximum absolute atomic E-state index is 13.0. The van der Waals surface area contributed by atoms with Crippen LogP contribution in [-0.2, 0) is 11.2 Å². The summed E-state index contributed by atoms with van der Waals surface area (Å²) in [6.45, 7) is 5.81. The van der Waals surface area contributed by atoms with Crippen molar-refractivity contribution in [2.75, 3.05) is 0 Å². The Bertz CT molecular complexity index is 829. The molecule has 0 spiro atoms. The number of hydrogen-bond acceptors (Lipinski definition) is 2. The highest BCUT2D eigenvalue weighted by atomic mass is 16.2. The third kappa shape index (κ3) is 4.38. The van der Waals surface area contributed by atoms with Crippen LogP contribution < -0.4 is 10.6 Å². The Balaban J connectivity index is 1.73. The van der Waals surface area contributed by atoms with Gasteiger partial charge in [-0.2, -0.15) is 0 Å². The molecule has 27 heavy (non-hydrogen) atoms. The number of carbonyl (C=O) groups excluding carboxylic acids is 2. The van der Waals surface area contributed by atoms with Crippen LogP contribution in [0, 0.1) is 12.8 Å². The minimum Gasteiger partial charge on any atom is -0.347 e. The fourth-order valence-corrected chi connectivity index (χ4v) is 3.75. The molecule has 4 heteroatoms. The highest BCUT2D eigenvalue weighted by Crippen LogP contribution is 2.29. The topological polar surface area (TPSA) is 58.2 Å². The number of nitrogens with one attached hydrogen (secondary N) is 2. The average Bonchev–Trinajstić information content (AvgIpc) is 2.66. The van der Waals surface area contributed by atoms with Gasteiger partial charge >= 0.3 is 0 Å². The smallest absolute Gasteiger partial charge is 0.252 e. The first-order valence-electron chi connectivity index (χ1n) is 9.72. The van der Waals surface area contributed by atoms with Crippen LogP contribution in [0.15, 0.2) is 48.5 Å². The van der Waals surface area contributed by atoms with Crippen molar-refractivity contribution in [2.24, 2.45) is 5.92 Å². The molecule has 2 atom stereocenters. The Hall–Kier alpha value is -2.62. The van der Waals surface area contributed by atoms with E-state index < -0.39 is 6.04 Å². The van der Waals surface area contributed by atoms with Gasteiger partial charge in [-0.15, -0.1) is 0 Å². The van der Waals surface area contributed by atoms with Gasteiger partial charge in [-0.1, -0.05) is 56.3 Å². The van der Waals surface area contributed by atoms with Gasteiger partial charge in [0.25, 0.3) is 5.91 Å². The SMILES string of the molecule is Cc1ccccc1C(=O)N[C@H](C(=O)N[C@H]1CCCc2ccccc21)C(C)C. The van der Waals surface area contributed by atoms with Gasteiger partial charge < -0.3 is 10.6 Å². The molecule has 0 saturated carbocycles. The van der Waals surface area contributed by atoms with E-state index in [-0.39, 0.29) is 23.8 Å². The number of amides is 2. The van der Waals surface area contributed by atoms with Gasteiger partial charge in [-0.05, 0) is 54.9 Å². The number of carbonyl (C=O) groups is 2. The molecule has 2 aromatic rings. The standard InChI is InChI=1S/C23H28N2O2/c1-15(2)21(25-22(26)18-12-6-4-9-16(18)3)23(27)24-20-14-8-11-17-10-5-7-13-19(17)20/h4-7,9-10,12-13,15,20-21H,8,11,14H2,1-3H3,(H,24,27)(H,25,26)/t20-,21-/m0/s1. The molecule has 0 unspecified atom stereocenters. The minimum absolute atomic E-state index is 0.00296. The van der Waals surface area contributed by atoms with E-state index in [1.165, 1.54) is 11.1 Å². The van der Waals surface area contributed by atoms with E-state index in [2.05, 4.69) is 22.8 Å². The molecular weight excluding hydrogens is 336 g/mol. The second kappa shape index (κ2) is 8.38. The van der Waals surface area contributed by atoms with Crippen LogP contribution in [0.5, 0.6) is 0 Å². The predicted octanol–water partition coefficient (Wildman–Crippen LogP) is 3.94. The van der Waals surface area contributed by atoms with E-state index in [9.17, 15) is 9.59 Å². The molecule has 0 saturated heterocycles. The van der Waals surface area contributed by atoms with Gasteiger partial charge in [0.2, 0.25) is 5.91 Å². The lowest BCUT2D eigenvalue weighted by Gasteiger charge is -2.29. The van der Waals surface area contributed by atoms with Crippen molar-refractivity contribution in [3.63, 3.8) is 0 Å². The molecule has 0 fully saturated rings. The van der Waals surface area contributed by atoms with Crippen molar-refractivity contribution in [3.05, 3.63) is 70.8 Å². The second-order valence-electron chi connectivity index (χ2n) is 7.66. The maximum atomic E-state index is 13.0. The number of hydrogen-bond donors (Lipinski definition) is 2. The lowest BCUT2D eigenvalue weighted by atomic mass is 9.87. The predicted molar refractivity (Wildman–Crippen MR) is 108 cm³/mol. The number of rotatable bonds is 5. The summed E-state index contributed by atoms with van der Waals surface area (Å²) >= 11 is 0. The Morgan fingerprint density at radius 1 is 1.04 bits per heavy atom.